The first-order chi connectivity index (χ1) is 18.1. The lowest BCUT2D eigenvalue weighted by Crippen LogP contribution is -2.50. The summed E-state index contributed by atoms with van der Waals surface area (Å²) >= 11 is 6.10. The summed E-state index contributed by atoms with van der Waals surface area (Å²) in [4.78, 5) is 33.3. The van der Waals surface area contributed by atoms with Gasteiger partial charge in [0.2, 0.25) is 0 Å². The van der Waals surface area contributed by atoms with Gasteiger partial charge in [0.15, 0.2) is 0 Å². The molecular weight excluding hydrogens is 506 g/mol. The molecule has 4 rings (SSSR count). The van der Waals surface area contributed by atoms with Crippen LogP contribution >= 0.6 is 11.6 Å². The van der Waals surface area contributed by atoms with Crippen molar-refractivity contribution in [2.45, 2.75) is 64.2 Å². The molecule has 1 N–H and O–H groups in total. The Morgan fingerprint density at radius 2 is 1.79 bits per heavy atom. The molecule has 0 atom stereocenters. The normalized spacial score (nSPS) is 19.9. The van der Waals surface area contributed by atoms with Gasteiger partial charge in [0.25, 0.3) is 5.91 Å². The summed E-state index contributed by atoms with van der Waals surface area (Å²) in [6.45, 7) is 8.07. The highest BCUT2D eigenvalue weighted by molar-refractivity contribution is 6.31. The number of nitriles is 1. The summed E-state index contributed by atoms with van der Waals surface area (Å²) in [7, 11) is 0. The van der Waals surface area contributed by atoms with Crippen LogP contribution in [0.1, 0.15) is 62.5 Å². The summed E-state index contributed by atoms with van der Waals surface area (Å²) < 4.78 is 11.5. The fourth-order valence-electron chi connectivity index (χ4n) is 4.62. The number of piperazine rings is 1. The molecule has 1 aromatic carbocycles. The molecule has 0 spiro atoms. The number of halogens is 1. The van der Waals surface area contributed by atoms with Crippen LogP contribution in [-0.4, -0.2) is 65.8 Å². The van der Waals surface area contributed by atoms with Crippen LogP contribution in [0.3, 0.4) is 0 Å². The molecule has 1 saturated heterocycles. The largest absolute Gasteiger partial charge is 0.490 e. The number of carbonyl (C=O) groups is 2. The van der Waals surface area contributed by atoms with E-state index in [-0.39, 0.29) is 24.1 Å². The second-order valence-electron chi connectivity index (χ2n) is 10.7. The number of aromatic nitrogens is 1. The maximum absolute atomic E-state index is 12.8. The van der Waals surface area contributed by atoms with E-state index in [2.05, 4.69) is 15.2 Å². The number of pyridine rings is 1. The SMILES string of the molecule is CC(C)(C)OC(=O)N1CCN(c2ccc(C(=O)N[C@H]3CC[C@H](Oc4ccc(C#N)c(Cl)c4)CC3)nc2)CC1. The summed E-state index contributed by atoms with van der Waals surface area (Å²) in [5, 5.41) is 12.5. The van der Waals surface area contributed by atoms with Crippen LogP contribution in [-0.2, 0) is 4.74 Å². The highest BCUT2D eigenvalue weighted by Gasteiger charge is 2.27. The second-order valence-corrected chi connectivity index (χ2v) is 11.1. The van der Waals surface area contributed by atoms with Crippen LogP contribution in [0.5, 0.6) is 5.75 Å². The number of nitrogens with zero attached hydrogens (tertiary/aromatic N) is 4. The highest BCUT2D eigenvalue weighted by Crippen LogP contribution is 2.27. The van der Waals surface area contributed by atoms with Crippen LogP contribution in [0.15, 0.2) is 36.5 Å². The summed E-state index contributed by atoms with van der Waals surface area (Å²) in [6, 6.07) is 10.8. The van der Waals surface area contributed by atoms with Crippen molar-refractivity contribution in [2.24, 2.45) is 0 Å². The Morgan fingerprint density at radius 1 is 1.08 bits per heavy atom. The molecule has 10 heteroatoms. The lowest BCUT2D eigenvalue weighted by Gasteiger charge is -2.36. The fourth-order valence-corrected chi connectivity index (χ4v) is 4.83. The molecule has 38 heavy (non-hydrogen) atoms. The van der Waals surface area contributed by atoms with Crippen LogP contribution in [0.2, 0.25) is 5.02 Å². The van der Waals surface area contributed by atoms with Crippen molar-refractivity contribution >= 4 is 29.3 Å². The van der Waals surface area contributed by atoms with Crippen LogP contribution in [0.4, 0.5) is 10.5 Å². The third-order valence-corrected chi connectivity index (χ3v) is 6.96. The molecule has 1 aliphatic carbocycles. The highest BCUT2D eigenvalue weighted by atomic mass is 35.5. The van der Waals surface area contributed by atoms with Gasteiger partial charge in [-0.3, -0.25) is 4.79 Å². The third kappa shape index (κ3) is 7.29. The average molecular weight is 540 g/mol. The molecule has 1 aliphatic heterocycles. The number of nitrogens with one attached hydrogen (secondary N) is 1. The number of rotatable bonds is 5. The monoisotopic (exact) mass is 539 g/mol. The Hall–Kier alpha value is -3.51. The fraction of sp³-hybridized carbons (Fsp3) is 0.500. The van der Waals surface area contributed by atoms with Crippen LogP contribution in [0, 0.1) is 11.3 Å². The standard InChI is InChI=1S/C28H34ClN5O4/c1-28(2,3)38-27(36)34-14-12-33(13-15-34)21-7-11-25(31-18-21)26(35)32-20-5-9-22(10-6-20)37-23-8-4-19(17-30)24(29)16-23/h4,7-8,11,16,18,20,22H,5-6,9-10,12-15H2,1-3H3,(H,32,35)/t20-,22-. The van der Waals surface area contributed by atoms with Gasteiger partial charge in [0.05, 0.1) is 28.6 Å². The predicted octanol–water partition coefficient (Wildman–Crippen LogP) is 4.78. The number of ether oxygens (including phenoxy) is 2. The molecule has 9 nitrogen and oxygen atoms in total. The Morgan fingerprint density at radius 3 is 2.37 bits per heavy atom. The number of benzene rings is 1. The molecule has 202 valence electrons. The van der Waals surface area contributed by atoms with Gasteiger partial charge in [0.1, 0.15) is 23.1 Å². The molecule has 1 aromatic heterocycles. The summed E-state index contributed by atoms with van der Waals surface area (Å²) in [6.07, 6.45) is 4.70. The Bertz CT molecular complexity index is 1180. The van der Waals surface area contributed by atoms with E-state index in [4.69, 9.17) is 26.3 Å². The minimum Gasteiger partial charge on any atom is -0.490 e. The van der Waals surface area contributed by atoms with E-state index in [0.29, 0.717) is 48.2 Å². The van der Waals surface area contributed by atoms with E-state index in [1.54, 1.807) is 35.4 Å². The van der Waals surface area contributed by atoms with Gasteiger partial charge in [-0.25, -0.2) is 9.78 Å². The number of anilines is 1. The first-order valence-corrected chi connectivity index (χ1v) is 13.3. The maximum atomic E-state index is 12.8. The summed E-state index contributed by atoms with van der Waals surface area (Å²) in [5.74, 6) is 0.464. The Kier molecular flexibility index (Phi) is 8.62. The van der Waals surface area contributed by atoms with Crippen molar-refractivity contribution in [2.75, 3.05) is 31.1 Å². The number of amides is 2. The zero-order chi connectivity index (χ0) is 27.3. The molecular formula is C28H34ClN5O4. The van der Waals surface area contributed by atoms with E-state index >= 15 is 0 Å². The van der Waals surface area contributed by atoms with E-state index in [9.17, 15) is 9.59 Å². The van der Waals surface area contributed by atoms with Gasteiger partial charge in [-0.15, -0.1) is 0 Å². The van der Waals surface area contributed by atoms with Crippen molar-refractivity contribution in [3.05, 3.63) is 52.8 Å². The van der Waals surface area contributed by atoms with E-state index in [1.165, 1.54) is 0 Å². The van der Waals surface area contributed by atoms with Crippen LogP contribution < -0.4 is 15.0 Å². The van der Waals surface area contributed by atoms with Crippen LogP contribution in [0.25, 0.3) is 0 Å². The Balaban J connectivity index is 1.21. The van der Waals surface area contributed by atoms with Gasteiger partial charge < -0.3 is 24.6 Å². The van der Waals surface area contributed by atoms with E-state index in [0.717, 1.165) is 31.4 Å². The molecule has 2 fully saturated rings. The average Bonchev–Trinajstić information content (AvgIpc) is 2.89. The second kappa shape index (κ2) is 11.9. The van der Waals surface area contributed by atoms with Crippen molar-refractivity contribution < 1.29 is 19.1 Å². The van der Waals surface area contributed by atoms with Crippen molar-refractivity contribution in [3.8, 4) is 11.8 Å². The van der Waals surface area contributed by atoms with Gasteiger partial charge >= 0.3 is 6.09 Å². The van der Waals surface area contributed by atoms with Crippen molar-refractivity contribution in [1.29, 1.82) is 5.26 Å². The number of carbonyl (C=O) groups excluding carboxylic acids is 2. The minimum atomic E-state index is -0.511. The molecule has 2 heterocycles. The molecule has 0 bridgehead atoms. The molecule has 1 saturated carbocycles. The minimum absolute atomic E-state index is 0.0420. The molecule has 0 unspecified atom stereocenters. The third-order valence-electron chi connectivity index (χ3n) is 6.65. The van der Waals surface area contributed by atoms with Gasteiger partial charge in [-0.05, 0) is 70.7 Å². The zero-order valence-electron chi connectivity index (χ0n) is 22.1. The smallest absolute Gasteiger partial charge is 0.410 e. The molecule has 0 radical (unpaired) electrons. The predicted molar refractivity (Wildman–Crippen MR) is 145 cm³/mol. The first-order valence-electron chi connectivity index (χ1n) is 13.0. The van der Waals surface area contributed by atoms with E-state index in [1.807, 2.05) is 32.9 Å². The first kappa shape index (κ1) is 27.5. The van der Waals surface area contributed by atoms with Gasteiger partial charge in [-0.2, -0.15) is 5.26 Å². The number of hydrogen-bond acceptors (Lipinski definition) is 7. The topological polar surface area (TPSA) is 108 Å². The maximum Gasteiger partial charge on any atom is 0.410 e. The lowest BCUT2D eigenvalue weighted by atomic mass is 9.92. The van der Waals surface area contributed by atoms with Crippen molar-refractivity contribution in [1.82, 2.24) is 15.2 Å². The quantitative estimate of drug-likeness (QED) is 0.582. The number of hydrogen-bond donors (Lipinski definition) is 1. The molecule has 2 amide bonds. The summed E-state index contributed by atoms with van der Waals surface area (Å²) in [5.41, 5.74) is 1.22. The van der Waals surface area contributed by atoms with Gasteiger partial charge in [-0.1, -0.05) is 11.6 Å². The molecule has 2 aliphatic rings. The van der Waals surface area contributed by atoms with Crippen molar-refractivity contribution in [3.63, 3.8) is 0 Å². The van der Waals surface area contributed by atoms with Gasteiger partial charge in [0, 0.05) is 38.3 Å². The lowest BCUT2D eigenvalue weighted by molar-refractivity contribution is 0.0240. The van der Waals surface area contributed by atoms with E-state index < -0.39 is 5.60 Å². The Labute approximate surface area is 228 Å². The molecule has 2 aromatic rings. The zero-order valence-corrected chi connectivity index (χ0v) is 22.8.